The third kappa shape index (κ3) is 5.62. The molecule has 2 aromatic carbocycles. The SMILES string of the molecule is Cc1ccc(NC(=S)N(CC[NH+](C)C)Cc2ccccc2)cc1C. The summed E-state index contributed by atoms with van der Waals surface area (Å²) in [5.74, 6) is 0. The molecule has 0 bridgehead atoms. The number of likely N-dealkylation sites (N-methyl/N-ethyl adjacent to an activating group) is 1. The number of rotatable bonds is 6. The van der Waals surface area contributed by atoms with E-state index in [1.54, 1.807) is 0 Å². The zero-order chi connectivity index (χ0) is 17.5. The van der Waals surface area contributed by atoms with Crippen molar-refractivity contribution in [1.29, 1.82) is 0 Å². The largest absolute Gasteiger partial charge is 0.339 e. The first kappa shape index (κ1) is 18.4. The molecule has 0 spiro atoms. The van der Waals surface area contributed by atoms with E-state index in [2.05, 4.69) is 80.6 Å². The maximum Gasteiger partial charge on any atom is 0.173 e. The molecule has 0 saturated carbocycles. The molecule has 0 aliphatic rings. The Morgan fingerprint density at radius 3 is 2.38 bits per heavy atom. The van der Waals surface area contributed by atoms with Gasteiger partial charge in [0, 0.05) is 12.2 Å². The highest BCUT2D eigenvalue weighted by Gasteiger charge is 2.12. The van der Waals surface area contributed by atoms with Gasteiger partial charge in [0.25, 0.3) is 0 Å². The van der Waals surface area contributed by atoms with Crippen LogP contribution in [-0.2, 0) is 6.54 Å². The first-order valence-corrected chi connectivity index (χ1v) is 8.82. The molecule has 0 saturated heterocycles. The van der Waals surface area contributed by atoms with Crippen molar-refractivity contribution >= 4 is 23.0 Å². The number of nitrogens with one attached hydrogen (secondary N) is 2. The van der Waals surface area contributed by atoms with Gasteiger partial charge in [0.1, 0.15) is 0 Å². The van der Waals surface area contributed by atoms with Gasteiger partial charge >= 0.3 is 0 Å². The molecule has 2 N–H and O–H groups in total. The van der Waals surface area contributed by atoms with Crippen LogP contribution in [-0.4, -0.2) is 37.2 Å². The van der Waals surface area contributed by atoms with E-state index in [0.717, 1.165) is 30.4 Å². The fourth-order valence-electron chi connectivity index (χ4n) is 2.44. The fraction of sp³-hybridized carbons (Fsp3) is 0.350. The van der Waals surface area contributed by atoms with Crippen LogP contribution < -0.4 is 10.2 Å². The van der Waals surface area contributed by atoms with Crippen molar-refractivity contribution in [1.82, 2.24) is 4.90 Å². The molecule has 4 heteroatoms. The summed E-state index contributed by atoms with van der Waals surface area (Å²) in [4.78, 5) is 3.66. The molecule has 0 unspecified atom stereocenters. The summed E-state index contributed by atoms with van der Waals surface area (Å²) >= 11 is 5.69. The van der Waals surface area contributed by atoms with Crippen LogP contribution in [0.25, 0.3) is 0 Å². The summed E-state index contributed by atoms with van der Waals surface area (Å²) in [6.07, 6.45) is 0. The summed E-state index contributed by atoms with van der Waals surface area (Å²) in [6.45, 7) is 7.04. The Bertz CT molecular complexity index is 668. The molecule has 2 aromatic rings. The second kappa shape index (κ2) is 8.81. The van der Waals surface area contributed by atoms with E-state index in [-0.39, 0.29) is 0 Å². The van der Waals surface area contributed by atoms with E-state index >= 15 is 0 Å². The fourth-order valence-corrected chi connectivity index (χ4v) is 2.71. The molecular formula is C20H28N3S+. The van der Waals surface area contributed by atoms with Crippen molar-refractivity contribution < 1.29 is 4.90 Å². The number of benzene rings is 2. The lowest BCUT2D eigenvalue weighted by molar-refractivity contribution is -0.857. The zero-order valence-corrected chi connectivity index (χ0v) is 15.9. The Hall–Kier alpha value is -1.91. The van der Waals surface area contributed by atoms with Gasteiger partial charge in [-0.05, 0) is 54.9 Å². The van der Waals surface area contributed by atoms with E-state index in [9.17, 15) is 0 Å². The summed E-state index contributed by atoms with van der Waals surface area (Å²) in [5, 5.41) is 4.18. The molecule has 0 aliphatic heterocycles. The van der Waals surface area contributed by atoms with E-state index < -0.39 is 0 Å². The van der Waals surface area contributed by atoms with Crippen LogP contribution >= 0.6 is 12.2 Å². The molecule has 0 heterocycles. The highest BCUT2D eigenvalue weighted by Crippen LogP contribution is 2.15. The van der Waals surface area contributed by atoms with Gasteiger partial charge in [0.15, 0.2) is 5.11 Å². The number of nitrogens with zero attached hydrogens (tertiary/aromatic N) is 1. The lowest BCUT2D eigenvalue weighted by Gasteiger charge is -2.26. The van der Waals surface area contributed by atoms with Crippen LogP contribution in [0.5, 0.6) is 0 Å². The summed E-state index contributed by atoms with van der Waals surface area (Å²) in [7, 11) is 4.33. The van der Waals surface area contributed by atoms with Gasteiger partial charge < -0.3 is 15.1 Å². The Morgan fingerprint density at radius 2 is 1.75 bits per heavy atom. The molecular weight excluding hydrogens is 314 g/mol. The minimum Gasteiger partial charge on any atom is -0.339 e. The maximum atomic E-state index is 5.69. The van der Waals surface area contributed by atoms with Crippen LogP contribution in [0.15, 0.2) is 48.5 Å². The zero-order valence-electron chi connectivity index (χ0n) is 15.1. The summed E-state index contributed by atoms with van der Waals surface area (Å²) in [5.41, 5.74) is 4.90. The number of thiocarbonyl (C=S) groups is 1. The van der Waals surface area contributed by atoms with E-state index in [0.29, 0.717) is 0 Å². The van der Waals surface area contributed by atoms with Gasteiger partial charge in [0.2, 0.25) is 0 Å². The number of hydrogen-bond acceptors (Lipinski definition) is 1. The van der Waals surface area contributed by atoms with Crippen molar-refractivity contribution in [3.8, 4) is 0 Å². The molecule has 0 fully saturated rings. The molecule has 2 rings (SSSR count). The van der Waals surface area contributed by atoms with Crippen molar-refractivity contribution in [3.63, 3.8) is 0 Å². The smallest absolute Gasteiger partial charge is 0.173 e. The van der Waals surface area contributed by atoms with Crippen molar-refractivity contribution in [2.24, 2.45) is 0 Å². The summed E-state index contributed by atoms with van der Waals surface area (Å²) < 4.78 is 0. The van der Waals surface area contributed by atoms with E-state index in [4.69, 9.17) is 12.2 Å². The molecule has 0 radical (unpaired) electrons. The van der Waals surface area contributed by atoms with E-state index in [1.807, 2.05) is 6.07 Å². The molecule has 0 aromatic heterocycles. The van der Waals surface area contributed by atoms with Gasteiger partial charge in [-0.1, -0.05) is 36.4 Å². The normalized spacial score (nSPS) is 10.7. The predicted octanol–water partition coefficient (Wildman–Crippen LogP) is 2.65. The van der Waals surface area contributed by atoms with Crippen molar-refractivity contribution in [3.05, 3.63) is 65.2 Å². The number of hydrogen-bond donors (Lipinski definition) is 2. The quantitative estimate of drug-likeness (QED) is 0.788. The van der Waals surface area contributed by atoms with Crippen LogP contribution in [0.2, 0.25) is 0 Å². The van der Waals surface area contributed by atoms with Crippen LogP contribution in [0.4, 0.5) is 5.69 Å². The molecule has 24 heavy (non-hydrogen) atoms. The minimum absolute atomic E-state index is 0.781. The Labute approximate surface area is 151 Å². The van der Waals surface area contributed by atoms with Gasteiger partial charge in [0.05, 0.1) is 27.2 Å². The maximum absolute atomic E-state index is 5.69. The second-order valence-corrected chi connectivity index (χ2v) is 6.98. The van der Waals surface area contributed by atoms with Crippen molar-refractivity contribution in [2.75, 3.05) is 32.5 Å². The lowest BCUT2D eigenvalue weighted by Crippen LogP contribution is -3.06. The standard InChI is InChI=1S/C20H27N3S/c1-16-10-11-19(14-17(16)2)21-20(24)23(13-12-22(3)4)15-18-8-6-5-7-9-18/h5-11,14H,12-13,15H2,1-4H3,(H,21,24)/p+1. The molecule has 128 valence electrons. The number of aryl methyl sites for hydroxylation is 2. The number of anilines is 1. The van der Waals surface area contributed by atoms with Crippen LogP contribution in [0, 0.1) is 13.8 Å². The van der Waals surface area contributed by atoms with Gasteiger partial charge in [-0.25, -0.2) is 0 Å². The molecule has 0 aliphatic carbocycles. The first-order chi connectivity index (χ1) is 11.5. The third-order valence-electron chi connectivity index (χ3n) is 4.14. The Morgan fingerprint density at radius 1 is 1.04 bits per heavy atom. The monoisotopic (exact) mass is 342 g/mol. The highest BCUT2D eigenvalue weighted by atomic mass is 32.1. The number of quaternary nitrogens is 1. The average Bonchev–Trinajstić information content (AvgIpc) is 2.55. The van der Waals surface area contributed by atoms with Crippen molar-refractivity contribution in [2.45, 2.75) is 20.4 Å². The average molecular weight is 343 g/mol. The lowest BCUT2D eigenvalue weighted by atomic mass is 10.1. The van der Waals surface area contributed by atoms with Crippen LogP contribution in [0.3, 0.4) is 0 Å². The molecule has 0 atom stereocenters. The van der Waals surface area contributed by atoms with Crippen LogP contribution in [0.1, 0.15) is 16.7 Å². The predicted molar refractivity (Wildman–Crippen MR) is 107 cm³/mol. The molecule has 0 amide bonds. The van der Waals surface area contributed by atoms with Gasteiger partial charge in [-0.2, -0.15) is 0 Å². The first-order valence-electron chi connectivity index (χ1n) is 8.42. The third-order valence-corrected chi connectivity index (χ3v) is 4.50. The molecule has 3 nitrogen and oxygen atoms in total. The van der Waals surface area contributed by atoms with Gasteiger partial charge in [-0.15, -0.1) is 0 Å². The van der Waals surface area contributed by atoms with Gasteiger partial charge in [-0.3, -0.25) is 0 Å². The van der Waals surface area contributed by atoms with E-state index in [1.165, 1.54) is 21.6 Å². The Balaban J connectivity index is 2.09. The second-order valence-electron chi connectivity index (χ2n) is 6.59. The topological polar surface area (TPSA) is 19.7 Å². The Kier molecular flexibility index (Phi) is 6.76. The summed E-state index contributed by atoms with van der Waals surface area (Å²) in [6, 6.07) is 16.9. The minimum atomic E-state index is 0.781. The highest BCUT2D eigenvalue weighted by molar-refractivity contribution is 7.80.